The highest BCUT2D eigenvalue weighted by atomic mass is 79.9. The second kappa shape index (κ2) is 5.71. The van der Waals surface area contributed by atoms with Crippen LogP contribution in [0.25, 0.3) is 0 Å². The van der Waals surface area contributed by atoms with E-state index in [9.17, 15) is 8.42 Å². The number of aryl methyl sites for hydroxylation is 1. The van der Waals surface area contributed by atoms with Crippen LogP contribution in [0.1, 0.15) is 10.6 Å². The minimum Gasteiger partial charge on any atom is -0.326 e. The third-order valence-corrected chi connectivity index (χ3v) is 6.09. The molecule has 0 radical (unpaired) electrons. The standard InChI is InChI=1S/C10H13BrN4O2S2/c1-15-3-2-7(14-15)6-13-19(16,17)9-4-8(5-12)18-10(9)11/h2-4,13H,5-6,12H2,1H3. The summed E-state index contributed by atoms with van der Waals surface area (Å²) in [7, 11) is -1.78. The van der Waals surface area contributed by atoms with Crippen molar-refractivity contribution in [3.8, 4) is 0 Å². The minimum atomic E-state index is -3.56. The van der Waals surface area contributed by atoms with E-state index in [4.69, 9.17) is 5.73 Å². The molecule has 0 aliphatic heterocycles. The number of nitrogens with one attached hydrogen (secondary N) is 1. The van der Waals surface area contributed by atoms with E-state index >= 15 is 0 Å². The first kappa shape index (κ1) is 14.7. The van der Waals surface area contributed by atoms with Gasteiger partial charge in [-0.15, -0.1) is 11.3 Å². The number of aromatic nitrogens is 2. The van der Waals surface area contributed by atoms with Crippen molar-refractivity contribution in [2.24, 2.45) is 12.8 Å². The summed E-state index contributed by atoms with van der Waals surface area (Å²) in [6.45, 7) is 0.475. The van der Waals surface area contributed by atoms with Gasteiger partial charge in [0.1, 0.15) is 4.90 Å². The quantitative estimate of drug-likeness (QED) is 0.833. The molecule has 0 aliphatic rings. The molecule has 0 spiro atoms. The van der Waals surface area contributed by atoms with Crippen LogP contribution in [0.15, 0.2) is 27.0 Å². The Labute approximate surface area is 123 Å². The number of nitrogens with zero attached hydrogens (tertiary/aromatic N) is 2. The van der Waals surface area contributed by atoms with Crippen LogP contribution in [0, 0.1) is 0 Å². The fourth-order valence-corrected chi connectivity index (χ4v) is 5.04. The second-order valence-corrected chi connectivity index (χ2v) is 8.05. The topological polar surface area (TPSA) is 90.0 Å². The molecule has 0 fully saturated rings. The van der Waals surface area contributed by atoms with E-state index in [0.29, 0.717) is 16.0 Å². The molecule has 0 saturated carbocycles. The van der Waals surface area contributed by atoms with Gasteiger partial charge in [0.15, 0.2) is 0 Å². The van der Waals surface area contributed by atoms with E-state index in [2.05, 4.69) is 25.8 Å². The van der Waals surface area contributed by atoms with Crippen LogP contribution < -0.4 is 10.5 Å². The Balaban J connectivity index is 2.15. The van der Waals surface area contributed by atoms with E-state index in [1.54, 1.807) is 30.1 Å². The van der Waals surface area contributed by atoms with Crippen LogP contribution in [-0.2, 0) is 30.2 Å². The van der Waals surface area contributed by atoms with E-state index in [-0.39, 0.29) is 11.4 Å². The monoisotopic (exact) mass is 364 g/mol. The largest absolute Gasteiger partial charge is 0.326 e. The summed E-state index contributed by atoms with van der Waals surface area (Å²) in [5.74, 6) is 0. The lowest BCUT2D eigenvalue weighted by Crippen LogP contribution is -2.23. The Kier molecular flexibility index (Phi) is 4.41. The molecule has 0 aliphatic carbocycles. The zero-order valence-electron chi connectivity index (χ0n) is 10.1. The van der Waals surface area contributed by atoms with Crippen molar-refractivity contribution in [2.45, 2.75) is 18.0 Å². The maximum absolute atomic E-state index is 12.2. The molecule has 0 bridgehead atoms. The van der Waals surface area contributed by atoms with Crippen LogP contribution >= 0.6 is 27.3 Å². The maximum atomic E-state index is 12.2. The van der Waals surface area contributed by atoms with Crippen LogP contribution in [0.3, 0.4) is 0 Å². The highest BCUT2D eigenvalue weighted by Gasteiger charge is 2.20. The van der Waals surface area contributed by atoms with Crippen molar-refractivity contribution in [1.82, 2.24) is 14.5 Å². The lowest BCUT2D eigenvalue weighted by Gasteiger charge is -2.03. The van der Waals surface area contributed by atoms with Crippen molar-refractivity contribution in [3.05, 3.63) is 32.7 Å². The third kappa shape index (κ3) is 3.42. The summed E-state index contributed by atoms with van der Waals surface area (Å²) in [5.41, 5.74) is 6.17. The normalized spacial score (nSPS) is 11.9. The number of hydrogen-bond acceptors (Lipinski definition) is 5. The summed E-state index contributed by atoms with van der Waals surface area (Å²) in [4.78, 5) is 1.03. The van der Waals surface area contributed by atoms with Crippen molar-refractivity contribution in [2.75, 3.05) is 0 Å². The van der Waals surface area contributed by atoms with Crippen LogP contribution in [0.5, 0.6) is 0 Å². The van der Waals surface area contributed by atoms with Gasteiger partial charge < -0.3 is 5.73 Å². The molecule has 0 atom stereocenters. The molecule has 6 nitrogen and oxygen atoms in total. The molecule has 9 heteroatoms. The predicted octanol–water partition coefficient (Wildman–Crippen LogP) is 1.18. The molecule has 3 N–H and O–H groups in total. The van der Waals surface area contributed by atoms with Gasteiger partial charge in [-0.3, -0.25) is 4.68 Å². The average molecular weight is 365 g/mol. The smallest absolute Gasteiger partial charge is 0.242 e. The number of rotatable bonds is 5. The van der Waals surface area contributed by atoms with Crippen molar-refractivity contribution in [3.63, 3.8) is 0 Å². The molecule has 0 amide bonds. The predicted molar refractivity (Wildman–Crippen MR) is 77.1 cm³/mol. The number of sulfonamides is 1. The van der Waals surface area contributed by atoms with Crippen LogP contribution in [0.4, 0.5) is 0 Å². The molecular formula is C10H13BrN4O2S2. The van der Waals surface area contributed by atoms with Gasteiger partial charge in [0.05, 0.1) is 16.0 Å². The highest BCUT2D eigenvalue weighted by Crippen LogP contribution is 2.31. The Morgan fingerprint density at radius 3 is 2.84 bits per heavy atom. The molecule has 2 heterocycles. The van der Waals surface area contributed by atoms with E-state index in [1.165, 1.54) is 11.3 Å². The molecular weight excluding hydrogens is 352 g/mol. The lowest BCUT2D eigenvalue weighted by molar-refractivity contribution is 0.579. The molecule has 0 saturated heterocycles. The SMILES string of the molecule is Cn1ccc(CNS(=O)(=O)c2cc(CN)sc2Br)n1. The molecule has 0 aromatic carbocycles. The minimum absolute atomic E-state index is 0.156. The van der Waals surface area contributed by atoms with Crippen molar-refractivity contribution < 1.29 is 8.42 Å². The Bertz CT molecular complexity index is 678. The average Bonchev–Trinajstić information content (AvgIpc) is 2.93. The highest BCUT2D eigenvalue weighted by molar-refractivity contribution is 9.11. The van der Waals surface area contributed by atoms with Gasteiger partial charge in [-0.05, 0) is 28.1 Å². The van der Waals surface area contributed by atoms with Crippen LogP contribution in [-0.4, -0.2) is 18.2 Å². The lowest BCUT2D eigenvalue weighted by atomic mass is 10.4. The molecule has 19 heavy (non-hydrogen) atoms. The molecule has 104 valence electrons. The summed E-state index contributed by atoms with van der Waals surface area (Å²) in [5, 5.41) is 4.11. The van der Waals surface area contributed by atoms with Crippen molar-refractivity contribution >= 4 is 37.3 Å². The van der Waals surface area contributed by atoms with Gasteiger partial charge in [0, 0.05) is 24.7 Å². The number of thiophene rings is 1. The summed E-state index contributed by atoms with van der Waals surface area (Å²) in [6.07, 6.45) is 1.76. The summed E-state index contributed by atoms with van der Waals surface area (Å²) in [6, 6.07) is 3.34. The Morgan fingerprint density at radius 1 is 1.58 bits per heavy atom. The van der Waals surface area contributed by atoms with E-state index in [1.807, 2.05) is 0 Å². The van der Waals surface area contributed by atoms with Gasteiger partial charge in [0.25, 0.3) is 0 Å². The number of hydrogen-bond donors (Lipinski definition) is 2. The second-order valence-electron chi connectivity index (χ2n) is 3.86. The summed E-state index contributed by atoms with van der Waals surface area (Å²) < 4.78 is 29.0. The zero-order valence-corrected chi connectivity index (χ0v) is 13.3. The third-order valence-electron chi connectivity index (χ3n) is 2.41. The molecule has 2 aromatic heterocycles. The van der Waals surface area contributed by atoms with Gasteiger partial charge in [-0.1, -0.05) is 0 Å². The first-order valence-electron chi connectivity index (χ1n) is 5.39. The number of nitrogens with two attached hydrogens (primary N) is 1. The zero-order chi connectivity index (χ0) is 14.0. The molecule has 2 aromatic rings. The van der Waals surface area contributed by atoms with Gasteiger partial charge in [0.2, 0.25) is 10.0 Å². The Hall–Kier alpha value is -0.740. The summed E-state index contributed by atoms with van der Waals surface area (Å²) >= 11 is 4.57. The first-order chi connectivity index (χ1) is 8.92. The van der Waals surface area contributed by atoms with E-state index < -0.39 is 10.0 Å². The Morgan fingerprint density at radius 2 is 2.32 bits per heavy atom. The first-order valence-corrected chi connectivity index (χ1v) is 8.48. The number of halogens is 1. The van der Waals surface area contributed by atoms with Crippen LogP contribution in [0.2, 0.25) is 0 Å². The van der Waals surface area contributed by atoms with Gasteiger partial charge in [-0.2, -0.15) is 5.10 Å². The fraction of sp³-hybridized carbons (Fsp3) is 0.300. The molecule has 2 rings (SSSR count). The van der Waals surface area contributed by atoms with Crippen molar-refractivity contribution in [1.29, 1.82) is 0 Å². The van der Waals surface area contributed by atoms with E-state index in [0.717, 1.165) is 4.88 Å². The maximum Gasteiger partial charge on any atom is 0.242 e. The fourth-order valence-electron chi connectivity index (χ4n) is 1.49. The van der Waals surface area contributed by atoms with Gasteiger partial charge in [-0.25, -0.2) is 13.1 Å². The molecule has 0 unspecified atom stereocenters. The van der Waals surface area contributed by atoms with Gasteiger partial charge >= 0.3 is 0 Å².